The van der Waals surface area contributed by atoms with E-state index >= 15 is 0 Å². The average molecular weight is 493 g/mol. The largest absolute Gasteiger partial charge is 0.478 e. The van der Waals surface area contributed by atoms with Gasteiger partial charge < -0.3 is 9.84 Å². The number of hydrogen-bond donors (Lipinski definition) is 1. The molecule has 1 aromatic heterocycles. The molecule has 30 heavy (non-hydrogen) atoms. The SMILES string of the molecule is Cn1c(C(C)(F)F)cc(=O)n(-c2cc(C(=O)OC(C)(C)C(=O)O)c(Br)cc2F)c1=O. The van der Waals surface area contributed by atoms with Crippen LogP contribution >= 0.6 is 15.9 Å². The molecular formula is C18H16BrF3N2O6. The van der Waals surface area contributed by atoms with Gasteiger partial charge in [-0.3, -0.25) is 9.36 Å². The number of carboxylic acids is 1. The molecule has 1 N–H and O–H groups in total. The van der Waals surface area contributed by atoms with Gasteiger partial charge in [0, 0.05) is 24.5 Å². The molecule has 0 saturated carbocycles. The van der Waals surface area contributed by atoms with Crippen molar-refractivity contribution >= 4 is 27.9 Å². The van der Waals surface area contributed by atoms with E-state index in [0.717, 1.165) is 33.0 Å². The molecule has 0 spiro atoms. The number of aromatic nitrogens is 2. The van der Waals surface area contributed by atoms with Crippen molar-refractivity contribution in [2.45, 2.75) is 32.3 Å². The summed E-state index contributed by atoms with van der Waals surface area (Å²) in [7, 11) is 0.979. The summed E-state index contributed by atoms with van der Waals surface area (Å²) in [6, 6.07) is 2.02. The molecule has 0 unspecified atom stereocenters. The van der Waals surface area contributed by atoms with E-state index in [-0.39, 0.29) is 14.6 Å². The first kappa shape index (κ1) is 23.4. The molecule has 0 aliphatic rings. The lowest BCUT2D eigenvalue weighted by molar-refractivity contribution is -0.155. The summed E-state index contributed by atoms with van der Waals surface area (Å²) in [5.74, 6) is -7.26. The number of benzene rings is 1. The van der Waals surface area contributed by atoms with Crippen molar-refractivity contribution in [2.75, 3.05) is 0 Å². The third-order valence-electron chi connectivity index (χ3n) is 4.13. The number of alkyl halides is 2. The molecule has 1 heterocycles. The quantitative estimate of drug-likeness (QED) is 0.642. The van der Waals surface area contributed by atoms with E-state index in [4.69, 9.17) is 9.84 Å². The van der Waals surface area contributed by atoms with Crippen molar-refractivity contribution < 1.29 is 32.6 Å². The minimum absolute atomic E-state index is 0.142. The summed E-state index contributed by atoms with van der Waals surface area (Å²) in [5.41, 5.74) is -6.41. The zero-order valence-corrected chi connectivity index (χ0v) is 17.7. The van der Waals surface area contributed by atoms with E-state index in [1.54, 1.807) is 0 Å². The van der Waals surface area contributed by atoms with Gasteiger partial charge in [-0.2, -0.15) is 0 Å². The smallest absolute Gasteiger partial charge is 0.347 e. The Labute approximate surface area is 175 Å². The number of carboxylic acid groups (broad SMARTS) is 1. The van der Waals surface area contributed by atoms with Gasteiger partial charge in [0.05, 0.1) is 16.9 Å². The maximum absolute atomic E-state index is 14.5. The maximum atomic E-state index is 14.5. The van der Waals surface area contributed by atoms with Gasteiger partial charge in [-0.25, -0.2) is 32.1 Å². The Balaban J connectivity index is 2.71. The van der Waals surface area contributed by atoms with Crippen molar-refractivity contribution in [1.82, 2.24) is 9.13 Å². The van der Waals surface area contributed by atoms with Crippen LogP contribution in [0, 0.1) is 5.82 Å². The van der Waals surface area contributed by atoms with Gasteiger partial charge in [0.25, 0.3) is 11.5 Å². The third-order valence-corrected chi connectivity index (χ3v) is 4.79. The second kappa shape index (κ2) is 7.74. The first-order chi connectivity index (χ1) is 13.6. The van der Waals surface area contributed by atoms with Crippen LogP contribution in [-0.2, 0) is 22.5 Å². The minimum atomic E-state index is -3.51. The zero-order valence-electron chi connectivity index (χ0n) is 16.1. The topological polar surface area (TPSA) is 108 Å². The molecule has 0 atom stereocenters. The molecule has 2 rings (SSSR count). The fourth-order valence-electron chi connectivity index (χ4n) is 2.46. The highest BCUT2D eigenvalue weighted by atomic mass is 79.9. The Morgan fingerprint density at radius 2 is 1.70 bits per heavy atom. The van der Waals surface area contributed by atoms with Crippen LogP contribution < -0.4 is 11.2 Å². The van der Waals surface area contributed by atoms with Crippen molar-refractivity contribution in [3.63, 3.8) is 0 Å². The maximum Gasteiger partial charge on any atom is 0.347 e. The highest BCUT2D eigenvalue weighted by Crippen LogP contribution is 2.27. The Bertz CT molecular complexity index is 1160. The monoisotopic (exact) mass is 492 g/mol. The van der Waals surface area contributed by atoms with Crippen molar-refractivity contribution in [3.05, 3.63) is 60.6 Å². The van der Waals surface area contributed by atoms with Crippen molar-refractivity contribution in [3.8, 4) is 5.69 Å². The second-order valence-electron chi connectivity index (χ2n) is 6.92. The number of rotatable bonds is 5. The number of esters is 1. The molecule has 0 fully saturated rings. The van der Waals surface area contributed by atoms with Crippen LogP contribution in [0.4, 0.5) is 13.2 Å². The lowest BCUT2D eigenvalue weighted by Gasteiger charge is -2.21. The van der Waals surface area contributed by atoms with Gasteiger partial charge in [-0.05, 0) is 41.9 Å². The van der Waals surface area contributed by atoms with Gasteiger partial charge >= 0.3 is 17.6 Å². The van der Waals surface area contributed by atoms with Crippen LogP contribution in [0.3, 0.4) is 0 Å². The van der Waals surface area contributed by atoms with Gasteiger partial charge in [-0.15, -0.1) is 0 Å². The van der Waals surface area contributed by atoms with Gasteiger partial charge in [0.2, 0.25) is 5.60 Å². The number of carbonyl (C=O) groups excluding carboxylic acids is 1. The van der Waals surface area contributed by atoms with E-state index < -0.39 is 51.9 Å². The second-order valence-corrected chi connectivity index (χ2v) is 7.78. The number of hydrogen-bond acceptors (Lipinski definition) is 5. The Hall–Kier alpha value is -2.89. The lowest BCUT2D eigenvalue weighted by atomic mass is 10.1. The van der Waals surface area contributed by atoms with E-state index in [9.17, 15) is 32.3 Å². The minimum Gasteiger partial charge on any atom is -0.478 e. The first-order valence-corrected chi connectivity index (χ1v) is 9.04. The van der Waals surface area contributed by atoms with Crippen LogP contribution in [0.25, 0.3) is 5.69 Å². The summed E-state index contributed by atoms with van der Waals surface area (Å²) in [5, 5.41) is 9.08. The van der Waals surface area contributed by atoms with Crippen LogP contribution in [0.15, 0.2) is 32.3 Å². The number of nitrogens with zero attached hydrogens (tertiary/aromatic N) is 2. The third kappa shape index (κ3) is 4.32. The molecule has 0 aliphatic heterocycles. The summed E-state index contributed by atoms with van der Waals surface area (Å²) in [4.78, 5) is 48.4. The highest BCUT2D eigenvalue weighted by Gasteiger charge is 2.34. The molecule has 0 amide bonds. The number of aliphatic carboxylic acids is 1. The fraction of sp³-hybridized carbons (Fsp3) is 0.333. The predicted octanol–water partition coefficient (Wildman–Crippen LogP) is 2.57. The van der Waals surface area contributed by atoms with Gasteiger partial charge in [-0.1, -0.05) is 0 Å². The Kier molecular flexibility index (Phi) is 6.04. The number of halogens is 4. The Morgan fingerprint density at radius 3 is 2.20 bits per heavy atom. The summed E-state index contributed by atoms with van der Waals surface area (Å²) in [6.07, 6.45) is 0. The lowest BCUT2D eigenvalue weighted by Crippen LogP contribution is -2.41. The summed E-state index contributed by atoms with van der Waals surface area (Å²) < 4.78 is 47.3. The first-order valence-electron chi connectivity index (χ1n) is 8.25. The van der Waals surface area contributed by atoms with E-state index in [1.807, 2.05) is 0 Å². The van der Waals surface area contributed by atoms with Crippen molar-refractivity contribution in [2.24, 2.45) is 7.05 Å². The number of ether oxygens (including phenoxy) is 1. The molecule has 162 valence electrons. The molecule has 1 aromatic carbocycles. The molecular weight excluding hydrogens is 477 g/mol. The van der Waals surface area contributed by atoms with Gasteiger partial charge in [0.15, 0.2) is 0 Å². The molecule has 0 aliphatic carbocycles. The van der Waals surface area contributed by atoms with E-state index in [2.05, 4.69) is 15.9 Å². The standard InChI is InChI=1S/C18H16BrF3N2O6/c1-17(2,15(27)28)30-14(26)8-5-11(10(20)6-9(8)19)24-13(25)7-12(18(3,21)22)23(4)16(24)29/h5-7H,1-4H3,(H,27,28). The van der Waals surface area contributed by atoms with Crippen LogP contribution in [0.1, 0.15) is 36.8 Å². The molecule has 2 aromatic rings. The number of carbonyl (C=O) groups is 2. The van der Waals surface area contributed by atoms with Crippen LogP contribution in [0.5, 0.6) is 0 Å². The van der Waals surface area contributed by atoms with Crippen LogP contribution in [-0.4, -0.2) is 31.8 Å². The molecule has 8 nitrogen and oxygen atoms in total. The van der Waals surface area contributed by atoms with Crippen molar-refractivity contribution in [1.29, 1.82) is 0 Å². The van der Waals surface area contributed by atoms with E-state index in [0.29, 0.717) is 17.6 Å². The normalized spacial score (nSPS) is 12.0. The summed E-state index contributed by atoms with van der Waals surface area (Å²) >= 11 is 2.93. The fourth-order valence-corrected chi connectivity index (χ4v) is 2.94. The highest BCUT2D eigenvalue weighted by molar-refractivity contribution is 9.10. The molecule has 0 radical (unpaired) electrons. The summed E-state index contributed by atoms with van der Waals surface area (Å²) in [6.45, 7) is 2.70. The molecule has 12 heteroatoms. The zero-order chi connectivity index (χ0) is 23.2. The molecule has 0 bridgehead atoms. The predicted molar refractivity (Wildman–Crippen MR) is 102 cm³/mol. The average Bonchev–Trinajstić information content (AvgIpc) is 2.58. The Morgan fingerprint density at radius 1 is 1.13 bits per heavy atom. The molecule has 0 saturated heterocycles. The van der Waals surface area contributed by atoms with Gasteiger partial charge in [0.1, 0.15) is 5.82 Å². The van der Waals surface area contributed by atoms with E-state index in [1.165, 1.54) is 0 Å². The van der Waals surface area contributed by atoms with Crippen LogP contribution in [0.2, 0.25) is 0 Å².